The van der Waals surface area contributed by atoms with Gasteiger partial charge in [0.2, 0.25) is 0 Å². The maximum Gasteiger partial charge on any atom is 0.258 e. The number of carbonyl (C=O) groups excluding carboxylic acids is 1. The molecule has 28 heavy (non-hydrogen) atoms. The highest BCUT2D eigenvalue weighted by atomic mass is 16.5. The number of hydrogen-bond acceptors (Lipinski definition) is 5. The first-order chi connectivity index (χ1) is 13.7. The van der Waals surface area contributed by atoms with Gasteiger partial charge in [-0.05, 0) is 30.5 Å². The molecule has 1 atom stereocenters. The van der Waals surface area contributed by atoms with Crippen LogP contribution in [0.2, 0.25) is 0 Å². The fourth-order valence-electron chi connectivity index (χ4n) is 3.25. The fourth-order valence-corrected chi connectivity index (χ4v) is 3.25. The van der Waals surface area contributed by atoms with Crippen LogP contribution in [0.3, 0.4) is 0 Å². The summed E-state index contributed by atoms with van der Waals surface area (Å²) in [7, 11) is 0. The van der Waals surface area contributed by atoms with Crippen molar-refractivity contribution in [3.63, 3.8) is 0 Å². The Labute approximate surface area is 162 Å². The molecule has 0 saturated carbocycles. The zero-order chi connectivity index (χ0) is 19.3. The van der Waals surface area contributed by atoms with Crippen molar-refractivity contribution in [3.8, 4) is 16.9 Å². The normalized spacial score (nSPS) is 16.2. The van der Waals surface area contributed by atoms with Gasteiger partial charge in [0.15, 0.2) is 12.0 Å². The molecule has 1 amide bonds. The molecule has 1 aliphatic heterocycles. The second-order valence-electron chi connectivity index (χ2n) is 6.73. The van der Waals surface area contributed by atoms with Gasteiger partial charge in [-0.15, -0.1) is 0 Å². The minimum atomic E-state index is -0.212. The predicted octanol–water partition coefficient (Wildman–Crippen LogP) is 3.13. The Morgan fingerprint density at radius 3 is 2.82 bits per heavy atom. The molecule has 0 radical (unpaired) electrons. The summed E-state index contributed by atoms with van der Waals surface area (Å²) in [5, 5.41) is 3.27. The van der Waals surface area contributed by atoms with Gasteiger partial charge in [0.1, 0.15) is 17.6 Å². The number of rotatable bonds is 6. The average molecular weight is 379 g/mol. The molecule has 1 saturated heterocycles. The SMILES string of the molecule is O=C(COc1ccc2c(=O)c(-c3ccccc3)coc2c1)NC[C@@H]1CCCO1. The zero-order valence-corrected chi connectivity index (χ0v) is 15.4. The highest BCUT2D eigenvalue weighted by molar-refractivity contribution is 5.83. The maximum atomic E-state index is 12.7. The molecular weight excluding hydrogens is 358 g/mol. The molecule has 0 unspecified atom stereocenters. The minimum absolute atomic E-state index is 0.0951. The third-order valence-electron chi connectivity index (χ3n) is 4.75. The quantitative estimate of drug-likeness (QED) is 0.712. The number of carbonyl (C=O) groups is 1. The Morgan fingerprint density at radius 2 is 2.04 bits per heavy atom. The van der Waals surface area contributed by atoms with Gasteiger partial charge in [-0.2, -0.15) is 0 Å². The van der Waals surface area contributed by atoms with Crippen LogP contribution in [0.25, 0.3) is 22.1 Å². The van der Waals surface area contributed by atoms with Crippen LogP contribution in [-0.4, -0.2) is 31.8 Å². The van der Waals surface area contributed by atoms with Crippen molar-refractivity contribution in [2.45, 2.75) is 18.9 Å². The van der Waals surface area contributed by atoms with E-state index in [0.717, 1.165) is 25.0 Å². The molecular formula is C22H21NO5. The number of amides is 1. The van der Waals surface area contributed by atoms with Gasteiger partial charge in [-0.1, -0.05) is 30.3 Å². The zero-order valence-electron chi connectivity index (χ0n) is 15.4. The van der Waals surface area contributed by atoms with E-state index in [2.05, 4.69) is 5.32 Å². The van der Waals surface area contributed by atoms with Crippen LogP contribution in [0.5, 0.6) is 5.75 Å². The summed E-state index contributed by atoms with van der Waals surface area (Å²) in [5.74, 6) is 0.256. The van der Waals surface area contributed by atoms with Gasteiger partial charge in [0.25, 0.3) is 5.91 Å². The van der Waals surface area contributed by atoms with E-state index in [1.165, 1.54) is 6.26 Å². The molecule has 2 aromatic carbocycles. The van der Waals surface area contributed by atoms with E-state index in [0.29, 0.717) is 28.8 Å². The topological polar surface area (TPSA) is 77.8 Å². The maximum absolute atomic E-state index is 12.7. The van der Waals surface area contributed by atoms with Crippen LogP contribution in [-0.2, 0) is 9.53 Å². The molecule has 2 heterocycles. The van der Waals surface area contributed by atoms with Crippen molar-refractivity contribution in [2.75, 3.05) is 19.8 Å². The second kappa shape index (κ2) is 8.27. The van der Waals surface area contributed by atoms with Gasteiger partial charge in [0.05, 0.1) is 17.1 Å². The van der Waals surface area contributed by atoms with E-state index in [9.17, 15) is 9.59 Å². The van der Waals surface area contributed by atoms with E-state index >= 15 is 0 Å². The van der Waals surface area contributed by atoms with E-state index in [4.69, 9.17) is 13.9 Å². The first-order valence-electron chi connectivity index (χ1n) is 9.33. The van der Waals surface area contributed by atoms with Crippen LogP contribution < -0.4 is 15.5 Å². The first-order valence-corrected chi connectivity index (χ1v) is 9.33. The first kappa shape index (κ1) is 18.3. The Balaban J connectivity index is 1.43. The number of benzene rings is 2. The van der Waals surface area contributed by atoms with E-state index in [1.807, 2.05) is 30.3 Å². The summed E-state index contributed by atoms with van der Waals surface area (Å²) >= 11 is 0. The van der Waals surface area contributed by atoms with Gasteiger partial charge >= 0.3 is 0 Å². The number of hydrogen-bond donors (Lipinski definition) is 1. The lowest BCUT2D eigenvalue weighted by Crippen LogP contribution is -2.35. The van der Waals surface area contributed by atoms with E-state index < -0.39 is 0 Å². The summed E-state index contributed by atoms with van der Waals surface area (Å²) in [6.07, 6.45) is 3.55. The highest BCUT2D eigenvalue weighted by Crippen LogP contribution is 2.23. The number of fused-ring (bicyclic) bond motifs is 1. The Hall–Kier alpha value is -3.12. The lowest BCUT2D eigenvalue weighted by Gasteiger charge is -2.11. The van der Waals surface area contributed by atoms with Gasteiger partial charge in [-0.3, -0.25) is 9.59 Å². The predicted molar refractivity (Wildman–Crippen MR) is 105 cm³/mol. The van der Waals surface area contributed by atoms with E-state index in [1.54, 1.807) is 18.2 Å². The average Bonchev–Trinajstić information content (AvgIpc) is 3.25. The fraction of sp³-hybridized carbons (Fsp3) is 0.273. The van der Waals surface area contributed by atoms with Crippen molar-refractivity contribution in [1.29, 1.82) is 0 Å². The van der Waals surface area contributed by atoms with Crippen LogP contribution in [0.4, 0.5) is 0 Å². The van der Waals surface area contributed by atoms with Crippen molar-refractivity contribution >= 4 is 16.9 Å². The van der Waals surface area contributed by atoms with E-state index in [-0.39, 0.29) is 24.0 Å². The van der Waals surface area contributed by atoms with Crippen LogP contribution in [0.1, 0.15) is 12.8 Å². The van der Waals surface area contributed by atoms with Crippen molar-refractivity contribution in [3.05, 3.63) is 65.0 Å². The molecule has 4 rings (SSSR count). The molecule has 1 N–H and O–H groups in total. The Morgan fingerprint density at radius 1 is 1.18 bits per heavy atom. The third kappa shape index (κ3) is 4.07. The Bertz CT molecular complexity index is 1020. The molecule has 1 fully saturated rings. The summed E-state index contributed by atoms with van der Waals surface area (Å²) in [4.78, 5) is 24.7. The summed E-state index contributed by atoms with van der Waals surface area (Å²) in [5.41, 5.74) is 1.63. The Kier molecular flexibility index (Phi) is 5.39. The molecule has 0 bridgehead atoms. The largest absolute Gasteiger partial charge is 0.484 e. The molecule has 6 heteroatoms. The smallest absolute Gasteiger partial charge is 0.258 e. The second-order valence-corrected chi connectivity index (χ2v) is 6.73. The van der Waals surface area contributed by atoms with Crippen LogP contribution in [0.15, 0.2) is 64.0 Å². The van der Waals surface area contributed by atoms with Crippen molar-refractivity contribution in [1.82, 2.24) is 5.32 Å². The van der Waals surface area contributed by atoms with Crippen LogP contribution in [0, 0.1) is 0 Å². The molecule has 0 spiro atoms. The van der Waals surface area contributed by atoms with Crippen LogP contribution >= 0.6 is 0 Å². The highest BCUT2D eigenvalue weighted by Gasteiger charge is 2.16. The molecule has 0 aliphatic carbocycles. The van der Waals surface area contributed by atoms with Gasteiger partial charge < -0.3 is 19.2 Å². The summed E-state index contributed by atoms with van der Waals surface area (Å²) < 4.78 is 16.6. The molecule has 1 aliphatic rings. The monoisotopic (exact) mass is 379 g/mol. The minimum Gasteiger partial charge on any atom is -0.484 e. The number of ether oxygens (including phenoxy) is 2. The molecule has 144 valence electrons. The van der Waals surface area contributed by atoms with Gasteiger partial charge in [-0.25, -0.2) is 0 Å². The van der Waals surface area contributed by atoms with Crippen molar-refractivity contribution < 1.29 is 18.7 Å². The standard InChI is InChI=1S/C22H21NO5/c24-21(23-12-17-7-4-10-26-17)14-27-16-8-9-18-20(11-16)28-13-19(22(18)25)15-5-2-1-3-6-15/h1-3,5-6,8-9,11,13,17H,4,7,10,12,14H2,(H,23,24)/t17-/m0/s1. The third-order valence-corrected chi connectivity index (χ3v) is 4.75. The molecule has 1 aromatic heterocycles. The molecule has 3 aromatic rings. The lowest BCUT2D eigenvalue weighted by atomic mass is 10.1. The lowest BCUT2D eigenvalue weighted by molar-refractivity contribution is -0.123. The van der Waals surface area contributed by atoms with Gasteiger partial charge in [0, 0.05) is 19.2 Å². The summed E-state index contributed by atoms with van der Waals surface area (Å²) in [6.45, 7) is 1.15. The summed E-state index contributed by atoms with van der Waals surface area (Å²) in [6, 6.07) is 14.3. The number of nitrogens with one attached hydrogen (secondary N) is 1. The molecule has 6 nitrogen and oxygen atoms in total. The van der Waals surface area contributed by atoms with Crippen molar-refractivity contribution in [2.24, 2.45) is 0 Å².